The fraction of sp³-hybridized carbons (Fsp3) is 0.667. The molecule has 2 rings (SSSR count). The van der Waals surface area contributed by atoms with Crippen LogP contribution in [0.15, 0.2) is 18.2 Å². The van der Waals surface area contributed by atoms with Crippen molar-refractivity contribution < 1.29 is 14.6 Å². The lowest BCUT2D eigenvalue weighted by atomic mass is 9.92. The number of aliphatic hydroxyl groups is 1. The minimum Gasteiger partial charge on any atom is -0.493 e. The molecule has 0 amide bonds. The molecular weight excluding hydrogens is 292 g/mol. The highest BCUT2D eigenvalue weighted by Crippen LogP contribution is 2.28. The van der Waals surface area contributed by atoms with Gasteiger partial charge in [-0.25, -0.2) is 0 Å². The van der Waals surface area contributed by atoms with Crippen molar-refractivity contribution in [3.63, 3.8) is 0 Å². The van der Waals surface area contributed by atoms with E-state index in [4.69, 9.17) is 9.47 Å². The number of hydrogen-bond acceptors (Lipinski definition) is 5. The van der Waals surface area contributed by atoms with Crippen LogP contribution in [0.25, 0.3) is 0 Å². The number of likely N-dealkylation sites (N-methyl/N-ethyl adjacent to an activating group) is 2. The zero-order chi connectivity index (χ0) is 16.9. The van der Waals surface area contributed by atoms with Crippen LogP contribution in [0.1, 0.15) is 18.4 Å². The summed E-state index contributed by atoms with van der Waals surface area (Å²) in [7, 11) is 7.46. The molecule has 130 valence electrons. The summed E-state index contributed by atoms with van der Waals surface area (Å²) >= 11 is 0. The van der Waals surface area contributed by atoms with Crippen molar-refractivity contribution in [1.29, 1.82) is 0 Å². The van der Waals surface area contributed by atoms with Crippen molar-refractivity contribution in [2.45, 2.75) is 24.9 Å². The summed E-state index contributed by atoms with van der Waals surface area (Å²) < 4.78 is 10.6. The number of benzene rings is 1. The first-order chi connectivity index (χ1) is 11.0. The quantitative estimate of drug-likeness (QED) is 0.827. The number of likely N-dealkylation sites (tertiary alicyclic amines) is 1. The summed E-state index contributed by atoms with van der Waals surface area (Å²) in [5, 5.41) is 10.7. The van der Waals surface area contributed by atoms with Gasteiger partial charge in [-0.3, -0.25) is 0 Å². The molecule has 1 saturated heterocycles. The summed E-state index contributed by atoms with van der Waals surface area (Å²) in [4.78, 5) is 4.43. The standard InChI is InChI=1S/C18H30N2O3/c1-19-10-5-9-18(21,13-19)14-20(2)11-8-15-6-7-16(22-3)17(12-15)23-4/h6-7,12,21H,5,8-11,13-14H2,1-4H3/t18-/m0/s1. The van der Waals surface area contributed by atoms with Crippen molar-refractivity contribution in [3.05, 3.63) is 23.8 Å². The summed E-state index contributed by atoms with van der Waals surface area (Å²) in [5.74, 6) is 1.52. The Morgan fingerprint density at radius 2 is 2.00 bits per heavy atom. The molecule has 23 heavy (non-hydrogen) atoms. The number of rotatable bonds is 7. The molecular formula is C18H30N2O3. The van der Waals surface area contributed by atoms with Gasteiger partial charge in [-0.1, -0.05) is 6.07 Å². The first-order valence-electron chi connectivity index (χ1n) is 8.26. The van der Waals surface area contributed by atoms with E-state index in [2.05, 4.69) is 30.0 Å². The normalized spacial score (nSPS) is 22.3. The molecule has 5 nitrogen and oxygen atoms in total. The van der Waals surface area contributed by atoms with E-state index in [1.807, 2.05) is 12.1 Å². The highest BCUT2D eigenvalue weighted by atomic mass is 16.5. The van der Waals surface area contributed by atoms with E-state index >= 15 is 0 Å². The Hall–Kier alpha value is -1.30. The van der Waals surface area contributed by atoms with Crippen molar-refractivity contribution in [2.24, 2.45) is 0 Å². The van der Waals surface area contributed by atoms with Crippen LogP contribution in [0, 0.1) is 0 Å². The SMILES string of the molecule is COc1ccc(CCN(C)C[C@]2(O)CCCN(C)C2)cc1OC. The lowest BCUT2D eigenvalue weighted by molar-refractivity contribution is -0.0426. The van der Waals surface area contributed by atoms with Gasteiger partial charge in [0.05, 0.1) is 19.8 Å². The minimum atomic E-state index is -0.584. The summed E-state index contributed by atoms with van der Waals surface area (Å²) in [6, 6.07) is 6.03. The smallest absolute Gasteiger partial charge is 0.160 e. The van der Waals surface area contributed by atoms with Gasteiger partial charge in [0.2, 0.25) is 0 Å². The maximum atomic E-state index is 10.7. The second-order valence-electron chi connectivity index (χ2n) is 6.74. The van der Waals surface area contributed by atoms with E-state index in [1.54, 1.807) is 14.2 Å². The lowest BCUT2D eigenvalue weighted by Crippen LogP contribution is -2.52. The molecule has 1 atom stereocenters. The van der Waals surface area contributed by atoms with E-state index in [0.29, 0.717) is 6.54 Å². The molecule has 1 aliphatic heterocycles. The molecule has 1 heterocycles. The summed E-state index contributed by atoms with van der Waals surface area (Å²) in [5.41, 5.74) is 0.626. The van der Waals surface area contributed by atoms with Crippen molar-refractivity contribution in [1.82, 2.24) is 9.80 Å². The van der Waals surface area contributed by atoms with Gasteiger partial charge in [0, 0.05) is 19.6 Å². The van der Waals surface area contributed by atoms with Crippen LogP contribution >= 0.6 is 0 Å². The Labute approximate surface area is 139 Å². The molecule has 0 spiro atoms. The fourth-order valence-corrected chi connectivity index (χ4v) is 3.41. The maximum Gasteiger partial charge on any atom is 0.160 e. The van der Waals surface area contributed by atoms with E-state index < -0.39 is 5.60 Å². The van der Waals surface area contributed by atoms with Crippen molar-refractivity contribution in [3.8, 4) is 11.5 Å². The Morgan fingerprint density at radius 3 is 2.65 bits per heavy atom. The predicted molar refractivity (Wildman–Crippen MR) is 92.4 cm³/mol. The van der Waals surface area contributed by atoms with Crippen LogP contribution in [0.3, 0.4) is 0 Å². The number of nitrogens with zero attached hydrogens (tertiary/aromatic N) is 2. The minimum absolute atomic E-state index is 0.584. The second-order valence-corrected chi connectivity index (χ2v) is 6.74. The predicted octanol–water partition coefficient (Wildman–Crippen LogP) is 1.63. The van der Waals surface area contributed by atoms with E-state index in [0.717, 1.165) is 50.4 Å². The molecule has 5 heteroatoms. The Bertz CT molecular complexity index is 509. The largest absolute Gasteiger partial charge is 0.493 e. The van der Waals surface area contributed by atoms with E-state index in [1.165, 1.54) is 5.56 Å². The third kappa shape index (κ3) is 5.09. The zero-order valence-corrected chi connectivity index (χ0v) is 14.8. The van der Waals surface area contributed by atoms with Crippen LogP contribution < -0.4 is 9.47 Å². The Morgan fingerprint density at radius 1 is 1.26 bits per heavy atom. The highest BCUT2D eigenvalue weighted by Gasteiger charge is 2.32. The molecule has 0 saturated carbocycles. The molecule has 0 aliphatic carbocycles. The summed E-state index contributed by atoms with van der Waals surface area (Å²) in [6.07, 6.45) is 2.87. The van der Waals surface area contributed by atoms with Gasteiger partial charge in [-0.2, -0.15) is 0 Å². The number of methoxy groups -OCH3 is 2. The Balaban J connectivity index is 1.87. The number of piperidine rings is 1. The molecule has 1 aliphatic rings. The van der Waals surface area contributed by atoms with Gasteiger partial charge in [0.15, 0.2) is 11.5 Å². The molecule has 1 aromatic rings. The maximum absolute atomic E-state index is 10.7. The third-order valence-corrected chi connectivity index (χ3v) is 4.54. The van der Waals surface area contributed by atoms with E-state index in [-0.39, 0.29) is 0 Å². The molecule has 0 bridgehead atoms. The molecule has 1 fully saturated rings. The van der Waals surface area contributed by atoms with Crippen LogP contribution in [0.2, 0.25) is 0 Å². The average molecular weight is 322 g/mol. The number of hydrogen-bond donors (Lipinski definition) is 1. The first-order valence-corrected chi connectivity index (χ1v) is 8.26. The second kappa shape index (κ2) is 7.99. The van der Waals surface area contributed by atoms with Crippen LogP contribution in [-0.4, -0.2) is 75.0 Å². The number of ether oxygens (including phenoxy) is 2. The lowest BCUT2D eigenvalue weighted by Gasteiger charge is -2.39. The van der Waals surface area contributed by atoms with Gasteiger partial charge < -0.3 is 24.4 Å². The fourth-order valence-electron chi connectivity index (χ4n) is 3.41. The summed E-state index contributed by atoms with van der Waals surface area (Å²) in [6.45, 7) is 3.46. The average Bonchev–Trinajstić information content (AvgIpc) is 2.51. The van der Waals surface area contributed by atoms with Crippen molar-refractivity contribution in [2.75, 3.05) is 54.5 Å². The third-order valence-electron chi connectivity index (χ3n) is 4.54. The zero-order valence-electron chi connectivity index (χ0n) is 14.8. The van der Waals surface area contributed by atoms with Crippen LogP contribution in [0.4, 0.5) is 0 Å². The molecule has 0 aromatic heterocycles. The highest BCUT2D eigenvalue weighted by molar-refractivity contribution is 5.42. The van der Waals surface area contributed by atoms with Crippen molar-refractivity contribution >= 4 is 0 Å². The van der Waals surface area contributed by atoms with Gasteiger partial charge in [0.25, 0.3) is 0 Å². The van der Waals surface area contributed by atoms with Crippen LogP contribution in [-0.2, 0) is 6.42 Å². The molecule has 0 radical (unpaired) electrons. The monoisotopic (exact) mass is 322 g/mol. The van der Waals surface area contributed by atoms with Gasteiger partial charge in [-0.15, -0.1) is 0 Å². The first kappa shape index (κ1) is 18.0. The molecule has 1 N–H and O–H groups in total. The van der Waals surface area contributed by atoms with Gasteiger partial charge in [0.1, 0.15) is 0 Å². The van der Waals surface area contributed by atoms with Crippen LogP contribution in [0.5, 0.6) is 11.5 Å². The molecule has 0 unspecified atom stereocenters. The molecule has 1 aromatic carbocycles. The topological polar surface area (TPSA) is 45.2 Å². The van der Waals surface area contributed by atoms with Gasteiger partial charge >= 0.3 is 0 Å². The van der Waals surface area contributed by atoms with E-state index in [9.17, 15) is 5.11 Å². The number of β-amino-alcohol motifs (C(OH)–C–C–N with tert-alkyl or cyclic N) is 1. The van der Waals surface area contributed by atoms with Gasteiger partial charge in [-0.05, 0) is 57.6 Å². The Kier molecular flexibility index (Phi) is 6.27.